The lowest BCUT2D eigenvalue weighted by Gasteiger charge is -2.27. The van der Waals surface area contributed by atoms with Gasteiger partial charge >= 0.3 is 5.97 Å². The lowest BCUT2D eigenvalue weighted by molar-refractivity contribution is -0.157. The summed E-state index contributed by atoms with van der Waals surface area (Å²) >= 11 is 0. The van der Waals surface area contributed by atoms with Gasteiger partial charge in [0.15, 0.2) is 0 Å². The van der Waals surface area contributed by atoms with Crippen molar-refractivity contribution in [3.63, 3.8) is 0 Å². The number of carbonyl (C=O) groups is 1. The molecule has 0 fully saturated rings. The molecule has 1 unspecified atom stereocenters. The Balaban J connectivity index is 2.85. The van der Waals surface area contributed by atoms with Crippen molar-refractivity contribution in [2.24, 2.45) is 5.41 Å². The molecule has 4 heteroatoms. The molecule has 0 bridgehead atoms. The number of aliphatic hydroxyl groups is 1. The topological polar surface area (TPSA) is 55.8 Å². The average molecular weight is 264 g/mol. The molecular weight excluding hydrogens is 244 g/mol. The maximum absolute atomic E-state index is 11.6. The highest BCUT2D eigenvalue weighted by molar-refractivity contribution is 5.76. The molecular formula is C15H20O4. The van der Waals surface area contributed by atoms with Crippen molar-refractivity contribution in [1.82, 2.24) is 0 Å². The molecule has 0 aromatic heterocycles. The van der Waals surface area contributed by atoms with Gasteiger partial charge < -0.3 is 14.6 Å². The van der Waals surface area contributed by atoms with E-state index >= 15 is 0 Å². The maximum Gasteiger partial charge on any atom is 0.314 e. The van der Waals surface area contributed by atoms with Gasteiger partial charge in [0.05, 0.1) is 18.6 Å². The van der Waals surface area contributed by atoms with Gasteiger partial charge in [-0.1, -0.05) is 24.8 Å². The van der Waals surface area contributed by atoms with Crippen molar-refractivity contribution < 1.29 is 19.4 Å². The number of hydrogen-bond donors (Lipinski definition) is 1. The van der Waals surface area contributed by atoms with E-state index in [-0.39, 0.29) is 0 Å². The third kappa shape index (κ3) is 3.58. The molecule has 0 radical (unpaired) electrons. The fraction of sp³-hybridized carbons (Fsp3) is 0.400. The van der Waals surface area contributed by atoms with Crippen LogP contribution in [0.1, 0.15) is 25.5 Å². The van der Waals surface area contributed by atoms with Gasteiger partial charge in [-0.05, 0) is 31.5 Å². The van der Waals surface area contributed by atoms with Crippen LogP contribution in [0, 0.1) is 5.41 Å². The Labute approximate surface area is 113 Å². The van der Waals surface area contributed by atoms with Gasteiger partial charge in [0.2, 0.25) is 0 Å². The number of benzene rings is 1. The molecule has 0 aliphatic carbocycles. The van der Waals surface area contributed by atoms with Crippen LogP contribution in [0.2, 0.25) is 0 Å². The number of methoxy groups -OCH3 is 1. The van der Waals surface area contributed by atoms with Crippen LogP contribution in [0.4, 0.5) is 0 Å². The largest absolute Gasteiger partial charge is 0.490 e. The highest BCUT2D eigenvalue weighted by atomic mass is 16.5. The summed E-state index contributed by atoms with van der Waals surface area (Å²) < 4.78 is 10.1. The first-order chi connectivity index (χ1) is 8.93. The Morgan fingerprint density at radius 1 is 1.42 bits per heavy atom. The second kappa shape index (κ2) is 6.38. The van der Waals surface area contributed by atoms with E-state index in [4.69, 9.17) is 9.47 Å². The second-order valence-corrected chi connectivity index (χ2v) is 4.78. The van der Waals surface area contributed by atoms with Crippen molar-refractivity contribution in [3.05, 3.63) is 42.5 Å². The van der Waals surface area contributed by atoms with E-state index in [1.54, 1.807) is 44.2 Å². The van der Waals surface area contributed by atoms with E-state index in [1.807, 2.05) is 0 Å². The highest BCUT2D eigenvalue weighted by Gasteiger charge is 2.37. The maximum atomic E-state index is 11.6. The van der Waals surface area contributed by atoms with Crippen LogP contribution in [0.25, 0.3) is 0 Å². The predicted molar refractivity (Wildman–Crippen MR) is 72.9 cm³/mol. The smallest absolute Gasteiger partial charge is 0.314 e. The zero-order valence-electron chi connectivity index (χ0n) is 11.6. The molecule has 19 heavy (non-hydrogen) atoms. The summed E-state index contributed by atoms with van der Waals surface area (Å²) in [4.78, 5) is 11.6. The van der Waals surface area contributed by atoms with Gasteiger partial charge in [-0.25, -0.2) is 0 Å². The summed E-state index contributed by atoms with van der Waals surface area (Å²) in [7, 11) is 1.31. The molecule has 0 spiro atoms. The molecule has 1 aromatic carbocycles. The zero-order chi connectivity index (χ0) is 14.5. The summed E-state index contributed by atoms with van der Waals surface area (Å²) in [5.74, 6) is 0.235. The third-order valence-corrected chi connectivity index (χ3v) is 2.96. The lowest BCUT2D eigenvalue weighted by atomic mass is 9.83. The zero-order valence-corrected chi connectivity index (χ0v) is 11.6. The SMILES string of the molecule is C=CCOc1ccc(C(O)C(C)(C)C(=O)OC)cc1. The van der Waals surface area contributed by atoms with Gasteiger partial charge in [-0.3, -0.25) is 4.79 Å². The van der Waals surface area contributed by atoms with Crippen molar-refractivity contribution in [2.75, 3.05) is 13.7 Å². The van der Waals surface area contributed by atoms with Crippen LogP contribution in [0.15, 0.2) is 36.9 Å². The molecule has 104 valence electrons. The minimum Gasteiger partial charge on any atom is -0.490 e. The van der Waals surface area contributed by atoms with E-state index in [2.05, 4.69) is 6.58 Å². The Bertz CT molecular complexity index is 434. The van der Waals surface area contributed by atoms with E-state index in [0.29, 0.717) is 17.9 Å². The van der Waals surface area contributed by atoms with Gasteiger partial charge in [0, 0.05) is 0 Å². The minimum atomic E-state index is -1.00. The summed E-state index contributed by atoms with van der Waals surface area (Å²) in [5, 5.41) is 10.3. The lowest BCUT2D eigenvalue weighted by Crippen LogP contribution is -2.32. The van der Waals surface area contributed by atoms with Crippen LogP contribution in [0.5, 0.6) is 5.75 Å². The summed E-state index contributed by atoms with van der Waals surface area (Å²) in [6, 6.07) is 6.95. The van der Waals surface area contributed by atoms with E-state index < -0.39 is 17.5 Å². The minimum absolute atomic E-state index is 0.426. The molecule has 1 N–H and O–H groups in total. The first kappa shape index (κ1) is 15.2. The fourth-order valence-corrected chi connectivity index (χ4v) is 1.69. The normalized spacial score (nSPS) is 12.6. The first-order valence-corrected chi connectivity index (χ1v) is 6.03. The Morgan fingerprint density at radius 3 is 2.47 bits per heavy atom. The van der Waals surface area contributed by atoms with Crippen molar-refractivity contribution in [1.29, 1.82) is 0 Å². The number of hydrogen-bond acceptors (Lipinski definition) is 4. The summed E-state index contributed by atoms with van der Waals surface area (Å²) in [6.45, 7) is 7.28. The van der Waals surface area contributed by atoms with Gasteiger partial charge in [-0.15, -0.1) is 0 Å². The molecule has 0 saturated carbocycles. The van der Waals surface area contributed by atoms with Gasteiger partial charge in [0.25, 0.3) is 0 Å². The summed E-state index contributed by atoms with van der Waals surface area (Å²) in [5.41, 5.74) is -0.362. The summed E-state index contributed by atoms with van der Waals surface area (Å²) in [6.07, 6.45) is 0.719. The number of ether oxygens (including phenoxy) is 2. The molecule has 1 atom stereocenters. The van der Waals surface area contributed by atoms with Crippen LogP contribution in [0.3, 0.4) is 0 Å². The van der Waals surface area contributed by atoms with Crippen LogP contribution in [-0.2, 0) is 9.53 Å². The van der Waals surface area contributed by atoms with Crippen LogP contribution < -0.4 is 4.74 Å². The first-order valence-electron chi connectivity index (χ1n) is 6.03. The molecule has 1 rings (SSSR count). The number of rotatable bonds is 6. The fourth-order valence-electron chi connectivity index (χ4n) is 1.69. The highest BCUT2D eigenvalue weighted by Crippen LogP contribution is 2.34. The van der Waals surface area contributed by atoms with Crippen LogP contribution in [-0.4, -0.2) is 24.8 Å². The Kier molecular flexibility index (Phi) is 5.12. The Morgan fingerprint density at radius 2 is 2.00 bits per heavy atom. The molecule has 4 nitrogen and oxygen atoms in total. The number of carbonyl (C=O) groups excluding carboxylic acids is 1. The number of aliphatic hydroxyl groups excluding tert-OH is 1. The monoisotopic (exact) mass is 264 g/mol. The van der Waals surface area contributed by atoms with Gasteiger partial charge in [-0.2, -0.15) is 0 Å². The molecule has 0 amide bonds. The van der Waals surface area contributed by atoms with Gasteiger partial charge in [0.1, 0.15) is 12.4 Å². The van der Waals surface area contributed by atoms with E-state index in [0.717, 1.165) is 0 Å². The molecule has 0 aliphatic heterocycles. The van der Waals surface area contributed by atoms with Crippen molar-refractivity contribution in [2.45, 2.75) is 20.0 Å². The predicted octanol–water partition coefficient (Wildman–Crippen LogP) is 2.48. The molecule has 0 heterocycles. The van der Waals surface area contributed by atoms with Crippen LogP contribution >= 0.6 is 0 Å². The van der Waals surface area contributed by atoms with Crippen molar-refractivity contribution >= 4 is 5.97 Å². The number of esters is 1. The standard InChI is InChI=1S/C15H20O4/c1-5-10-19-12-8-6-11(7-9-12)13(16)15(2,3)14(17)18-4/h5-9,13,16H,1,10H2,2-4H3. The second-order valence-electron chi connectivity index (χ2n) is 4.78. The Hall–Kier alpha value is -1.81. The van der Waals surface area contributed by atoms with Crippen molar-refractivity contribution in [3.8, 4) is 5.75 Å². The molecule has 0 aliphatic rings. The quantitative estimate of drug-likeness (QED) is 0.633. The van der Waals surface area contributed by atoms with E-state index in [1.165, 1.54) is 7.11 Å². The molecule has 0 saturated heterocycles. The third-order valence-electron chi connectivity index (χ3n) is 2.96. The average Bonchev–Trinajstić information content (AvgIpc) is 2.43. The van der Waals surface area contributed by atoms with E-state index in [9.17, 15) is 9.90 Å². The molecule has 1 aromatic rings.